The van der Waals surface area contributed by atoms with Crippen LogP contribution in [0.15, 0.2) is 84.9 Å². The number of carbonyl (C=O) groups is 1. The van der Waals surface area contributed by atoms with Gasteiger partial charge in [0, 0.05) is 17.4 Å². The maximum atomic E-state index is 13.2. The molecule has 0 aliphatic heterocycles. The van der Waals surface area contributed by atoms with Crippen LogP contribution < -0.4 is 0 Å². The highest BCUT2D eigenvalue weighted by Crippen LogP contribution is 2.51. The normalized spacial score (nSPS) is 14.0. The number of ketones is 1. The largest absolute Gasteiger partial charge is 0.294 e. The lowest BCUT2D eigenvalue weighted by molar-refractivity contribution is 0.0994. The van der Waals surface area contributed by atoms with Crippen LogP contribution in [0.5, 0.6) is 0 Å². The number of benzene rings is 8. The van der Waals surface area contributed by atoms with Crippen LogP contribution in [0.3, 0.4) is 0 Å². The Morgan fingerprint density at radius 2 is 1.03 bits per heavy atom. The number of hydrogen-bond donors (Lipinski definition) is 0. The number of Topliss-reactive ketones (excluding diaryl/α,β-unsaturated/α-hetero) is 1. The zero-order chi connectivity index (χ0) is 21.4. The van der Waals surface area contributed by atoms with Crippen LogP contribution in [0.1, 0.15) is 15.9 Å². The molecular weight excluding hydrogens is 400 g/mol. The molecule has 9 rings (SSSR count). The molecule has 0 amide bonds. The van der Waals surface area contributed by atoms with Gasteiger partial charge in [-0.2, -0.15) is 0 Å². The minimum absolute atomic E-state index is 0.233. The molecule has 0 bridgehead atoms. The van der Waals surface area contributed by atoms with Crippen LogP contribution in [0.2, 0.25) is 0 Å². The minimum Gasteiger partial charge on any atom is -0.294 e. The molecule has 8 aromatic carbocycles. The standard InChI is InChI=1S/C32H16O/c33-26-15-20-8-7-16-5-6-17-9-10-21-24-13-18-3-1-2-4-19(18)14-25(24)22-11-12-23(26)32-29(20)27(16)28(17)30(21)31(22)32/h1-14H,15H2. The summed E-state index contributed by atoms with van der Waals surface area (Å²) >= 11 is 0. The van der Waals surface area contributed by atoms with Crippen molar-refractivity contribution in [1.29, 1.82) is 0 Å². The second-order valence-corrected chi connectivity index (χ2v) is 9.61. The van der Waals surface area contributed by atoms with Gasteiger partial charge in [0.1, 0.15) is 0 Å². The molecule has 8 aromatic rings. The van der Waals surface area contributed by atoms with Crippen molar-refractivity contribution in [3.05, 3.63) is 96.1 Å². The van der Waals surface area contributed by atoms with Crippen LogP contribution in [-0.2, 0) is 6.42 Å². The Kier molecular flexibility index (Phi) is 2.59. The van der Waals surface area contributed by atoms with Crippen molar-refractivity contribution in [2.24, 2.45) is 0 Å². The summed E-state index contributed by atoms with van der Waals surface area (Å²) in [6, 6.07) is 31.0. The molecular formula is C32H16O. The van der Waals surface area contributed by atoms with E-state index in [4.69, 9.17) is 0 Å². The van der Waals surface area contributed by atoms with Crippen molar-refractivity contribution >= 4 is 81.2 Å². The molecule has 0 unspecified atom stereocenters. The SMILES string of the molecule is O=C1Cc2ccc3ccc4ccc5c6cc7ccccc7cc6c6ccc1c1c2c3c4c5c61. The Hall–Kier alpha value is -4.23. The van der Waals surface area contributed by atoms with Gasteiger partial charge < -0.3 is 0 Å². The minimum atomic E-state index is 0.233. The zero-order valence-corrected chi connectivity index (χ0v) is 17.7. The monoisotopic (exact) mass is 416 g/mol. The van der Waals surface area contributed by atoms with E-state index in [-0.39, 0.29) is 5.78 Å². The molecule has 33 heavy (non-hydrogen) atoms. The summed E-state index contributed by atoms with van der Waals surface area (Å²) in [6.07, 6.45) is 0.490. The fourth-order valence-electron chi connectivity index (χ4n) is 6.73. The molecule has 0 N–H and O–H groups in total. The Bertz CT molecular complexity index is 2160. The second kappa shape index (κ2) is 5.22. The highest BCUT2D eigenvalue weighted by Gasteiger charge is 2.27. The molecule has 0 saturated heterocycles. The van der Waals surface area contributed by atoms with Gasteiger partial charge in [-0.05, 0) is 87.7 Å². The Morgan fingerprint density at radius 3 is 1.76 bits per heavy atom. The van der Waals surface area contributed by atoms with E-state index in [0.717, 1.165) is 10.9 Å². The molecule has 1 nitrogen and oxygen atoms in total. The summed E-state index contributed by atoms with van der Waals surface area (Å²) in [5.74, 6) is 0.233. The lowest BCUT2D eigenvalue weighted by Gasteiger charge is -2.25. The molecule has 0 fully saturated rings. The van der Waals surface area contributed by atoms with E-state index < -0.39 is 0 Å². The lowest BCUT2D eigenvalue weighted by atomic mass is 9.77. The number of fused-ring (bicyclic) bond motifs is 4. The molecule has 150 valence electrons. The number of rotatable bonds is 0. The first-order valence-electron chi connectivity index (χ1n) is 11.5. The molecule has 0 spiro atoms. The summed E-state index contributed by atoms with van der Waals surface area (Å²) in [7, 11) is 0. The van der Waals surface area contributed by atoms with E-state index in [9.17, 15) is 4.79 Å². The van der Waals surface area contributed by atoms with Crippen LogP contribution >= 0.6 is 0 Å². The van der Waals surface area contributed by atoms with Gasteiger partial charge in [-0.3, -0.25) is 4.79 Å². The average Bonchev–Trinajstić information content (AvgIpc) is 2.86. The third-order valence-corrected chi connectivity index (χ3v) is 8.08. The average molecular weight is 416 g/mol. The third-order valence-electron chi connectivity index (χ3n) is 8.08. The van der Waals surface area contributed by atoms with Crippen LogP contribution in [0.25, 0.3) is 75.4 Å². The fourth-order valence-corrected chi connectivity index (χ4v) is 6.73. The van der Waals surface area contributed by atoms with Crippen molar-refractivity contribution in [2.45, 2.75) is 6.42 Å². The number of carbonyl (C=O) groups excluding carboxylic acids is 1. The van der Waals surface area contributed by atoms with E-state index >= 15 is 0 Å². The van der Waals surface area contributed by atoms with Crippen LogP contribution in [-0.4, -0.2) is 5.78 Å². The van der Waals surface area contributed by atoms with Crippen LogP contribution in [0.4, 0.5) is 0 Å². The van der Waals surface area contributed by atoms with Gasteiger partial charge in [-0.1, -0.05) is 72.8 Å². The van der Waals surface area contributed by atoms with E-state index in [1.807, 2.05) is 0 Å². The molecule has 0 radical (unpaired) electrons. The van der Waals surface area contributed by atoms with Gasteiger partial charge in [-0.15, -0.1) is 0 Å². The number of hydrogen-bond acceptors (Lipinski definition) is 1. The first-order chi connectivity index (χ1) is 16.3. The van der Waals surface area contributed by atoms with Crippen molar-refractivity contribution < 1.29 is 4.79 Å². The molecule has 1 aliphatic carbocycles. The summed E-state index contributed by atoms with van der Waals surface area (Å²) in [5.41, 5.74) is 2.05. The maximum Gasteiger partial charge on any atom is 0.167 e. The van der Waals surface area contributed by atoms with Gasteiger partial charge in [0.15, 0.2) is 5.78 Å². The Balaban J connectivity index is 1.75. The first-order valence-corrected chi connectivity index (χ1v) is 11.5. The second-order valence-electron chi connectivity index (χ2n) is 9.61. The Morgan fingerprint density at radius 1 is 0.455 bits per heavy atom. The molecule has 0 heterocycles. The smallest absolute Gasteiger partial charge is 0.167 e. The van der Waals surface area contributed by atoms with Crippen molar-refractivity contribution in [2.75, 3.05) is 0 Å². The highest BCUT2D eigenvalue weighted by atomic mass is 16.1. The lowest BCUT2D eigenvalue weighted by Crippen LogP contribution is -2.11. The molecule has 1 aliphatic rings. The summed E-state index contributed by atoms with van der Waals surface area (Å²) < 4.78 is 0. The van der Waals surface area contributed by atoms with E-state index in [2.05, 4.69) is 84.9 Å². The van der Waals surface area contributed by atoms with Crippen molar-refractivity contribution in [3.63, 3.8) is 0 Å². The van der Waals surface area contributed by atoms with Gasteiger partial charge >= 0.3 is 0 Å². The van der Waals surface area contributed by atoms with Gasteiger partial charge in [0.2, 0.25) is 0 Å². The molecule has 0 saturated carbocycles. The Labute approximate surface area is 188 Å². The predicted molar refractivity (Wildman–Crippen MR) is 139 cm³/mol. The van der Waals surface area contributed by atoms with E-state index in [0.29, 0.717) is 6.42 Å². The highest BCUT2D eigenvalue weighted by molar-refractivity contribution is 6.47. The summed E-state index contributed by atoms with van der Waals surface area (Å²) in [5, 5.41) is 17.8. The van der Waals surface area contributed by atoms with E-state index in [1.54, 1.807) is 0 Å². The summed E-state index contributed by atoms with van der Waals surface area (Å²) in [6.45, 7) is 0. The summed E-state index contributed by atoms with van der Waals surface area (Å²) in [4.78, 5) is 13.2. The topological polar surface area (TPSA) is 17.1 Å². The van der Waals surface area contributed by atoms with Crippen LogP contribution in [0, 0.1) is 0 Å². The quantitative estimate of drug-likeness (QED) is 0.179. The predicted octanol–water partition coefficient (Wildman–Crippen LogP) is 8.37. The zero-order valence-electron chi connectivity index (χ0n) is 17.7. The van der Waals surface area contributed by atoms with Gasteiger partial charge in [-0.25, -0.2) is 0 Å². The molecule has 0 atom stereocenters. The van der Waals surface area contributed by atoms with Gasteiger partial charge in [0.05, 0.1) is 0 Å². The van der Waals surface area contributed by atoms with Gasteiger partial charge in [0.25, 0.3) is 0 Å². The van der Waals surface area contributed by atoms with Crippen molar-refractivity contribution in [1.82, 2.24) is 0 Å². The first kappa shape index (κ1) is 16.4. The molecule has 0 aromatic heterocycles. The molecule has 1 heteroatoms. The van der Waals surface area contributed by atoms with E-state index in [1.165, 1.54) is 75.6 Å². The van der Waals surface area contributed by atoms with Crippen molar-refractivity contribution in [3.8, 4) is 0 Å². The third kappa shape index (κ3) is 1.75. The fraction of sp³-hybridized carbons (Fsp3) is 0.0312. The maximum absolute atomic E-state index is 13.2.